The molecule has 1 amide bonds. The van der Waals surface area contributed by atoms with Gasteiger partial charge in [-0.05, 0) is 19.9 Å². The van der Waals surface area contributed by atoms with Gasteiger partial charge in [-0.15, -0.1) is 0 Å². The highest BCUT2D eigenvalue weighted by atomic mass is 16.5. The molecular formula is C8H18N2O2. The summed E-state index contributed by atoms with van der Waals surface area (Å²) >= 11 is 0. The summed E-state index contributed by atoms with van der Waals surface area (Å²) in [5.41, 5.74) is 0. The van der Waals surface area contributed by atoms with Crippen LogP contribution in [0.1, 0.15) is 12.8 Å². The van der Waals surface area contributed by atoms with Crippen molar-refractivity contribution in [2.24, 2.45) is 0 Å². The van der Waals surface area contributed by atoms with Gasteiger partial charge in [0.2, 0.25) is 5.91 Å². The van der Waals surface area contributed by atoms with Gasteiger partial charge in [0.05, 0.1) is 6.54 Å². The molecule has 0 unspecified atom stereocenters. The number of hydrogen-bond donors (Lipinski definition) is 2. The summed E-state index contributed by atoms with van der Waals surface area (Å²) in [4.78, 5) is 10.9. The fourth-order valence-corrected chi connectivity index (χ4v) is 0.822. The molecule has 0 aliphatic rings. The van der Waals surface area contributed by atoms with Gasteiger partial charge in [-0.3, -0.25) is 4.79 Å². The fourth-order valence-electron chi connectivity index (χ4n) is 0.822. The Hall–Kier alpha value is -0.610. The molecule has 4 nitrogen and oxygen atoms in total. The zero-order chi connectivity index (χ0) is 9.23. The first-order valence-electron chi connectivity index (χ1n) is 4.21. The molecule has 2 N–H and O–H groups in total. The predicted octanol–water partition coefficient (Wildman–Crippen LogP) is -0.251. The van der Waals surface area contributed by atoms with Gasteiger partial charge in [0.1, 0.15) is 0 Å². The van der Waals surface area contributed by atoms with Gasteiger partial charge in [0.15, 0.2) is 0 Å². The van der Waals surface area contributed by atoms with Crippen molar-refractivity contribution in [3.63, 3.8) is 0 Å². The van der Waals surface area contributed by atoms with Crippen LogP contribution in [0.4, 0.5) is 0 Å². The molecule has 0 radical (unpaired) electrons. The molecule has 0 aliphatic heterocycles. The zero-order valence-electron chi connectivity index (χ0n) is 7.85. The van der Waals surface area contributed by atoms with Crippen molar-refractivity contribution >= 4 is 5.91 Å². The molecule has 0 bridgehead atoms. The van der Waals surface area contributed by atoms with E-state index in [0.717, 1.165) is 26.0 Å². The molecule has 12 heavy (non-hydrogen) atoms. The molecule has 0 saturated carbocycles. The lowest BCUT2D eigenvalue weighted by Gasteiger charge is -2.03. The Morgan fingerprint density at radius 1 is 1.42 bits per heavy atom. The molecule has 0 fully saturated rings. The Morgan fingerprint density at radius 3 is 2.75 bits per heavy atom. The lowest BCUT2D eigenvalue weighted by molar-refractivity contribution is -0.120. The number of rotatable bonds is 7. The molecule has 0 aliphatic carbocycles. The van der Waals surface area contributed by atoms with Crippen LogP contribution in [-0.4, -0.2) is 39.8 Å². The van der Waals surface area contributed by atoms with Gasteiger partial charge in [-0.1, -0.05) is 0 Å². The van der Waals surface area contributed by atoms with Gasteiger partial charge in [0.25, 0.3) is 0 Å². The second-order valence-corrected chi connectivity index (χ2v) is 2.58. The molecule has 0 atom stereocenters. The summed E-state index contributed by atoms with van der Waals surface area (Å²) in [6.45, 7) is 1.90. The van der Waals surface area contributed by atoms with Gasteiger partial charge in [-0.2, -0.15) is 0 Å². The van der Waals surface area contributed by atoms with Crippen molar-refractivity contribution in [1.29, 1.82) is 0 Å². The number of carbonyl (C=O) groups excluding carboxylic acids is 1. The highest BCUT2D eigenvalue weighted by Gasteiger charge is 1.96. The maximum atomic E-state index is 10.9. The monoisotopic (exact) mass is 174 g/mol. The van der Waals surface area contributed by atoms with Gasteiger partial charge in [0, 0.05) is 20.3 Å². The van der Waals surface area contributed by atoms with E-state index in [9.17, 15) is 4.79 Å². The second kappa shape index (κ2) is 8.49. The minimum absolute atomic E-state index is 0.0508. The average Bonchev–Trinajstić information content (AvgIpc) is 2.05. The largest absolute Gasteiger partial charge is 0.385 e. The number of ether oxygens (including phenoxy) is 1. The maximum Gasteiger partial charge on any atom is 0.233 e. The van der Waals surface area contributed by atoms with E-state index in [1.54, 1.807) is 14.2 Å². The predicted molar refractivity (Wildman–Crippen MR) is 48.0 cm³/mol. The summed E-state index contributed by atoms with van der Waals surface area (Å²) in [5.74, 6) is 0.0508. The first-order valence-corrected chi connectivity index (χ1v) is 4.21. The minimum atomic E-state index is 0.0508. The molecule has 4 heteroatoms. The Morgan fingerprint density at radius 2 is 2.17 bits per heavy atom. The summed E-state index contributed by atoms with van der Waals surface area (Å²) in [6, 6.07) is 0. The van der Waals surface area contributed by atoms with Crippen molar-refractivity contribution in [3.8, 4) is 0 Å². The number of unbranched alkanes of at least 4 members (excludes halogenated alkanes) is 1. The van der Waals surface area contributed by atoms with Gasteiger partial charge < -0.3 is 15.4 Å². The van der Waals surface area contributed by atoms with Crippen molar-refractivity contribution < 1.29 is 9.53 Å². The highest BCUT2D eigenvalue weighted by Crippen LogP contribution is 1.86. The Kier molecular flexibility index (Phi) is 8.05. The number of amides is 1. The van der Waals surface area contributed by atoms with Crippen LogP contribution in [0.5, 0.6) is 0 Å². The van der Waals surface area contributed by atoms with Crippen molar-refractivity contribution in [2.75, 3.05) is 33.9 Å². The highest BCUT2D eigenvalue weighted by molar-refractivity contribution is 5.77. The van der Waals surface area contributed by atoms with Gasteiger partial charge in [-0.25, -0.2) is 0 Å². The molecular weight excluding hydrogens is 156 g/mol. The molecule has 0 heterocycles. The third kappa shape index (κ3) is 7.50. The standard InChI is InChI=1S/C8H18N2O2/c1-9-7-8(11)10-5-3-4-6-12-2/h9H,3-7H2,1-2H3,(H,10,11). The van der Waals surface area contributed by atoms with E-state index in [1.807, 2.05) is 0 Å². The smallest absolute Gasteiger partial charge is 0.233 e. The summed E-state index contributed by atoms with van der Waals surface area (Å²) in [5, 5.41) is 5.57. The number of likely N-dealkylation sites (N-methyl/N-ethyl adjacent to an activating group) is 1. The van der Waals surface area contributed by atoms with Crippen LogP contribution in [0.3, 0.4) is 0 Å². The van der Waals surface area contributed by atoms with Crippen molar-refractivity contribution in [1.82, 2.24) is 10.6 Å². The van der Waals surface area contributed by atoms with Crippen LogP contribution in [0.2, 0.25) is 0 Å². The molecule has 0 spiro atoms. The van der Waals surface area contributed by atoms with Crippen molar-refractivity contribution in [2.45, 2.75) is 12.8 Å². The third-order valence-electron chi connectivity index (χ3n) is 1.43. The van der Waals surface area contributed by atoms with Crippen LogP contribution in [0.15, 0.2) is 0 Å². The van der Waals surface area contributed by atoms with E-state index >= 15 is 0 Å². The fraction of sp³-hybridized carbons (Fsp3) is 0.875. The Balaban J connectivity index is 3.03. The van der Waals surface area contributed by atoms with E-state index in [-0.39, 0.29) is 5.91 Å². The van der Waals surface area contributed by atoms with Crippen LogP contribution in [-0.2, 0) is 9.53 Å². The van der Waals surface area contributed by atoms with E-state index in [2.05, 4.69) is 10.6 Å². The second-order valence-electron chi connectivity index (χ2n) is 2.58. The molecule has 0 aromatic heterocycles. The number of carbonyl (C=O) groups is 1. The first kappa shape index (κ1) is 11.4. The number of nitrogens with one attached hydrogen (secondary N) is 2. The van der Waals surface area contributed by atoms with Crippen molar-refractivity contribution in [3.05, 3.63) is 0 Å². The molecule has 0 saturated heterocycles. The summed E-state index contributed by atoms with van der Waals surface area (Å²) < 4.78 is 4.87. The van der Waals surface area contributed by atoms with Crippen LogP contribution in [0.25, 0.3) is 0 Å². The SMILES string of the molecule is CNCC(=O)NCCCCOC. The first-order chi connectivity index (χ1) is 5.81. The Labute approximate surface area is 73.7 Å². The van der Waals surface area contributed by atoms with Crippen LogP contribution >= 0.6 is 0 Å². The maximum absolute atomic E-state index is 10.9. The molecule has 0 aromatic rings. The molecule has 72 valence electrons. The van der Waals surface area contributed by atoms with Crippen LogP contribution < -0.4 is 10.6 Å². The van der Waals surface area contributed by atoms with E-state index in [1.165, 1.54) is 0 Å². The van der Waals surface area contributed by atoms with E-state index < -0.39 is 0 Å². The molecule has 0 rings (SSSR count). The quantitative estimate of drug-likeness (QED) is 0.523. The lowest BCUT2D eigenvalue weighted by Crippen LogP contribution is -2.32. The Bertz CT molecular complexity index is 118. The van der Waals surface area contributed by atoms with E-state index in [4.69, 9.17) is 4.74 Å². The average molecular weight is 174 g/mol. The van der Waals surface area contributed by atoms with Gasteiger partial charge >= 0.3 is 0 Å². The minimum Gasteiger partial charge on any atom is -0.385 e. The van der Waals surface area contributed by atoms with Crippen LogP contribution in [0, 0.1) is 0 Å². The lowest BCUT2D eigenvalue weighted by atomic mass is 10.3. The topological polar surface area (TPSA) is 50.4 Å². The zero-order valence-corrected chi connectivity index (χ0v) is 7.85. The third-order valence-corrected chi connectivity index (χ3v) is 1.43. The number of hydrogen-bond acceptors (Lipinski definition) is 3. The summed E-state index contributed by atoms with van der Waals surface area (Å²) in [6.07, 6.45) is 1.97. The normalized spacial score (nSPS) is 9.83. The molecule has 0 aromatic carbocycles. The summed E-state index contributed by atoms with van der Waals surface area (Å²) in [7, 11) is 3.43. The number of methoxy groups -OCH3 is 1. The van der Waals surface area contributed by atoms with E-state index in [0.29, 0.717) is 6.54 Å².